The molecule has 3 heteroatoms. The predicted molar refractivity (Wildman–Crippen MR) is 53.7 cm³/mol. The lowest BCUT2D eigenvalue weighted by Gasteiger charge is -2.24. The van der Waals surface area contributed by atoms with Gasteiger partial charge in [-0.15, -0.1) is 0 Å². The van der Waals surface area contributed by atoms with Gasteiger partial charge < -0.3 is 5.73 Å². The van der Waals surface area contributed by atoms with Crippen molar-refractivity contribution in [2.24, 2.45) is 5.73 Å². The Labute approximate surface area is 83.3 Å². The van der Waals surface area contributed by atoms with Gasteiger partial charge in [-0.25, -0.2) is 0 Å². The highest BCUT2D eigenvalue weighted by molar-refractivity contribution is 5.87. The molecule has 0 saturated heterocycles. The number of carbonyl (C=O) groups excluding carboxylic acids is 1. The van der Waals surface area contributed by atoms with E-state index >= 15 is 0 Å². The molecule has 0 aliphatic heterocycles. The molecule has 1 aromatic rings. The molecule has 3 nitrogen and oxygen atoms in total. The molecule has 0 bridgehead atoms. The van der Waals surface area contributed by atoms with E-state index in [1.165, 1.54) is 0 Å². The lowest BCUT2D eigenvalue weighted by molar-refractivity contribution is -0.123. The minimum atomic E-state index is -0.455. The number of hydrogen-bond donors (Lipinski definition) is 1. The standard InChI is InChI=1S/C11H14N2O/c1-2-11(10(12)14)6-5-9-8(11)4-3-7-13-9/h3-4,7H,2,5-6H2,1H3,(H2,12,14). The second kappa shape index (κ2) is 3.08. The van der Waals surface area contributed by atoms with Gasteiger partial charge in [-0.2, -0.15) is 0 Å². The number of primary amides is 1. The Bertz CT molecular complexity index is 375. The number of fused-ring (bicyclic) bond motifs is 1. The highest BCUT2D eigenvalue weighted by Gasteiger charge is 2.42. The van der Waals surface area contributed by atoms with Crippen LogP contribution >= 0.6 is 0 Å². The fourth-order valence-electron chi connectivity index (χ4n) is 2.34. The Kier molecular flexibility index (Phi) is 2.02. The second-order valence-electron chi connectivity index (χ2n) is 3.80. The first-order valence-electron chi connectivity index (χ1n) is 4.95. The SMILES string of the molecule is CCC1(C(N)=O)CCc2ncccc21. The zero-order valence-corrected chi connectivity index (χ0v) is 8.29. The van der Waals surface area contributed by atoms with Crippen LogP contribution in [0.25, 0.3) is 0 Å². The summed E-state index contributed by atoms with van der Waals surface area (Å²) in [5.74, 6) is -0.216. The molecular formula is C11H14N2O. The van der Waals surface area contributed by atoms with Crippen LogP contribution in [0.5, 0.6) is 0 Å². The summed E-state index contributed by atoms with van der Waals surface area (Å²) in [6.07, 6.45) is 4.21. The Morgan fingerprint density at radius 1 is 1.71 bits per heavy atom. The molecule has 1 amide bonds. The van der Waals surface area contributed by atoms with Crippen LogP contribution < -0.4 is 5.73 Å². The number of carbonyl (C=O) groups is 1. The zero-order chi connectivity index (χ0) is 10.2. The Morgan fingerprint density at radius 2 is 2.50 bits per heavy atom. The molecule has 0 fully saturated rings. The van der Waals surface area contributed by atoms with E-state index in [9.17, 15) is 4.79 Å². The molecule has 2 N–H and O–H groups in total. The van der Waals surface area contributed by atoms with E-state index in [2.05, 4.69) is 4.98 Å². The third kappa shape index (κ3) is 1.05. The summed E-state index contributed by atoms with van der Waals surface area (Å²) in [5, 5.41) is 0. The molecule has 1 aliphatic rings. The van der Waals surface area contributed by atoms with E-state index in [0.29, 0.717) is 0 Å². The quantitative estimate of drug-likeness (QED) is 0.760. The maximum atomic E-state index is 11.5. The Morgan fingerprint density at radius 3 is 3.14 bits per heavy atom. The van der Waals surface area contributed by atoms with Crippen molar-refractivity contribution in [2.75, 3.05) is 0 Å². The molecule has 0 spiro atoms. The van der Waals surface area contributed by atoms with Gasteiger partial charge in [0, 0.05) is 11.9 Å². The first kappa shape index (κ1) is 9.19. The molecule has 0 radical (unpaired) electrons. The lowest BCUT2D eigenvalue weighted by atomic mass is 9.79. The van der Waals surface area contributed by atoms with Crippen LogP contribution in [0.1, 0.15) is 31.0 Å². The summed E-state index contributed by atoms with van der Waals surface area (Å²) in [6.45, 7) is 2.01. The van der Waals surface area contributed by atoms with Crippen molar-refractivity contribution in [3.05, 3.63) is 29.6 Å². The topological polar surface area (TPSA) is 56.0 Å². The molecule has 0 aromatic carbocycles. The molecule has 1 unspecified atom stereocenters. The van der Waals surface area contributed by atoms with Gasteiger partial charge >= 0.3 is 0 Å². The van der Waals surface area contributed by atoms with Gasteiger partial charge in [-0.1, -0.05) is 13.0 Å². The van der Waals surface area contributed by atoms with Gasteiger partial charge in [0.25, 0.3) is 0 Å². The van der Waals surface area contributed by atoms with Crippen LogP contribution in [0.4, 0.5) is 0 Å². The fourth-order valence-corrected chi connectivity index (χ4v) is 2.34. The smallest absolute Gasteiger partial charge is 0.228 e. The summed E-state index contributed by atoms with van der Waals surface area (Å²) >= 11 is 0. The van der Waals surface area contributed by atoms with Crippen molar-refractivity contribution >= 4 is 5.91 Å². The third-order valence-electron chi connectivity index (χ3n) is 3.27. The highest BCUT2D eigenvalue weighted by Crippen LogP contribution is 2.40. The second-order valence-corrected chi connectivity index (χ2v) is 3.80. The van der Waals surface area contributed by atoms with E-state index in [1.54, 1.807) is 6.20 Å². The molecule has 0 saturated carbocycles. The van der Waals surface area contributed by atoms with Gasteiger partial charge in [-0.05, 0) is 30.9 Å². The number of aromatic nitrogens is 1. The lowest BCUT2D eigenvalue weighted by Crippen LogP contribution is -2.38. The monoisotopic (exact) mass is 190 g/mol. The van der Waals surface area contributed by atoms with Crippen LogP contribution in [-0.2, 0) is 16.6 Å². The number of nitrogens with zero attached hydrogens (tertiary/aromatic N) is 1. The Balaban J connectivity index is 2.55. The number of pyridine rings is 1. The van der Waals surface area contributed by atoms with E-state index < -0.39 is 5.41 Å². The van der Waals surface area contributed by atoms with E-state index in [1.807, 2.05) is 19.1 Å². The van der Waals surface area contributed by atoms with Gasteiger partial charge in [-0.3, -0.25) is 9.78 Å². The van der Waals surface area contributed by atoms with Crippen LogP contribution in [0.3, 0.4) is 0 Å². The van der Waals surface area contributed by atoms with Crippen molar-refractivity contribution in [1.29, 1.82) is 0 Å². The van der Waals surface area contributed by atoms with Gasteiger partial charge in [0.15, 0.2) is 0 Å². The molecule has 74 valence electrons. The van der Waals surface area contributed by atoms with Crippen LogP contribution in [0, 0.1) is 0 Å². The Hall–Kier alpha value is -1.38. The van der Waals surface area contributed by atoms with Gasteiger partial charge in [0.2, 0.25) is 5.91 Å². The number of nitrogens with two attached hydrogens (primary N) is 1. The molecule has 1 aliphatic carbocycles. The van der Waals surface area contributed by atoms with Crippen molar-refractivity contribution in [3.8, 4) is 0 Å². The summed E-state index contributed by atoms with van der Waals surface area (Å²) in [6, 6.07) is 3.85. The van der Waals surface area contributed by atoms with Crippen molar-refractivity contribution in [3.63, 3.8) is 0 Å². The molecule has 1 aromatic heterocycles. The van der Waals surface area contributed by atoms with Crippen molar-refractivity contribution in [1.82, 2.24) is 4.98 Å². The largest absolute Gasteiger partial charge is 0.369 e. The van der Waals surface area contributed by atoms with Crippen LogP contribution in [0.15, 0.2) is 18.3 Å². The number of amides is 1. The first-order chi connectivity index (χ1) is 6.70. The molecule has 14 heavy (non-hydrogen) atoms. The minimum Gasteiger partial charge on any atom is -0.369 e. The molecule has 1 heterocycles. The summed E-state index contributed by atoms with van der Waals surface area (Å²) in [7, 11) is 0. The average Bonchev–Trinajstić information content (AvgIpc) is 2.57. The summed E-state index contributed by atoms with van der Waals surface area (Å²) in [4.78, 5) is 15.8. The zero-order valence-electron chi connectivity index (χ0n) is 8.29. The summed E-state index contributed by atoms with van der Waals surface area (Å²) < 4.78 is 0. The minimum absolute atomic E-state index is 0.216. The highest BCUT2D eigenvalue weighted by atomic mass is 16.1. The average molecular weight is 190 g/mol. The predicted octanol–water partition coefficient (Wildman–Crippen LogP) is 1.16. The molecule has 2 rings (SSSR count). The van der Waals surface area contributed by atoms with Crippen LogP contribution in [0.2, 0.25) is 0 Å². The third-order valence-corrected chi connectivity index (χ3v) is 3.27. The van der Waals surface area contributed by atoms with Gasteiger partial charge in [0.05, 0.1) is 5.41 Å². The summed E-state index contributed by atoms with van der Waals surface area (Å²) in [5.41, 5.74) is 7.11. The number of aryl methyl sites for hydroxylation is 1. The maximum absolute atomic E-state index is 11.5. The van der Waals surface area contributed by atoms with Crippen molar-refractivity contribution < 1.29 is 4.79 Å². The first-order valence-corrected chi connectivity index (χ1v) is 4.95. The van der Waals surface area contributed by atoms with Crippen molar-refractivity contribution in [2.45, 2.75) is 31.6 Å². The van der Waals surface area contributed by atoms with Gasteiger partial charge in [0.1, 0.15) is 0 Å². The van der Waals surface area contributed by atoms with Crippen LogP contribution in [-0.4, -0.2) is 10.9 Å². The number of rotatable bonds is 2. The number of hydrogen-bond acceptors (Lipinski definition) is 2. The van der Waals surface area contributed by atoms with E-state index in [4.69, 9.17) is 5.73 Å². The molecular weight excluding hydrogens is 176 g/mol. The van der Waals surface area contributed by atoms with E-state index in [-0.39, 0.29) is 5.91 Å². The normalized spacial score (nSPS) is 24.6. The molecule has 1 atom stereocenters. The fraction of sp³-hybridized carbons (Fsp3) is 0.455. The van der Waals surface area contributed by atoms with E-state index in [0.717, 1.165) is 30.5 Å². The maximum Gasteiger partial charge on any atom is 0.228 e.